The molecule has 1 aliphatic rings. The predicted octanol–water partition coefficient (Wildman–Crippen LogP) is 2.89. The number of likely N-dealkylation sites (tertiary alicyclic amines) is 1. The summed E-state index contributed by atoms with van der Waals surface area (Å²) in [7, 11) is 0. The number of piperidine rings is 1. The van der Waals surface area contributed by atoms with Crippen molar-refractivity contribution in [3.05, 3.63) is 15.0 Å². The lowest BCUT2D eigenvalue weighted by molar-refractivity contribution is 0.0898. The van der Waals surface area contributed by atoms with Gasteiger partial charge in [0, 0.05) is 19.1 Å². The summed E-state index contributed by atoms with van der Waals surface area (Å²) in [6.45, 7) is 7.60. The number of hydrogen-bond donors (Lipinski definition) is 1. The minimum atomic E-state index is 0. The molecule has 0 amide bonds. The molecule has 1 unspecified atom stereocenters. The minimum absolute atomic E-state index is 0. The van der Waals surface area contributed by atoms with Crippen molar-refractivity contribution >= 4 is 39.7 Å². The lowest BCUT2D eigenvalue weighted by atomic mass is 9.80. The first-order valence-corrected chi connectivity index (χ1v) is 7.16. The molecule has 0 radical (unpaired) electrons. The maximum atomic E-state index is 6.13. The summed E-state index contributed by atoms with van der Waals surface area (Å²) < 4.78 is 1.11. The molecule has 1 aromatic heterocycles. The number of aromatic nitrogens is 1. The molecule has 2 rings (SSSR count). The number of rotatable bonds is 2. The molecule has 1 saturated heterocycles. The van der Waals surface area contributed by atoms with Crippen LogP contribution in [-0.4, -0.2) is 29.0 Å². The van der Waals surface area contributed by atoms with Crippen LogP contribution in [0.4, 0.5) is 0 Å². The molecule has 1 aliphatic heterocycles. The zero-order chi connectivity index (χ0) is 11.8. The Balaban J connectivity index is 0.00000144. The molecule has 1 aromatic rings. The summed E-state index contributed by atoms with van der Waals surface area (Å²) in [6, 6.07) is 0.326. The Morgan fingerprint density at radius 1 is 1.65 bits per heavy atom. The highest BCUT2D eigenvalue weighted by atomic mass is 79.9. The molecule has 1 atom stereocenters. The molecule has 17 heavy (non-hydrogen) atoms. The van der Waals surface area contributed by atoms with Crippen LogP contribution >= 0.6 is 39.7 Å². The normalized spacial score (nSPS) is 24.4. The van der Waals surface area contributed by atoms with Gasteiger partial charge in [-0.2, -0.15) is 0 Å². The Bertz CT molecular complexity index is 369. The van der Waals surface area contributed by atoms with Crippen LogP contribution in [0, 0.1) is 5.41 Å². The smallest absolute Gasteiger partial charge is 0.108 e. The molecule has 0 saturated carbocycles. The van der Waals surface area contributed by atoms with E-state index in [4.69, 9.17) is 5.73 Å². The van der Waals surface area contributed by atoms with E-state index >= 15 is 0 Å². The molecule has 6 heteroatoms. The van der Waals surface area contributed by atoms with Gasteiger partial charge in [0.15, 0.2) is 0 Å². The molecular formula is C11H19BrClN3S. The lowest BCUT2D eigenvalue weighted by Gasteiger charge is -2.42. The molecular weight excluding hydrogens is 322 g/mol. The van der Waals surface area contributed by atoms with Crippen molar-refractivity contribution in [1.29, 1.82) is 0 Å². The standard InChI is InChI=1S/C11H18BrN3S.ClH/c1-11(2)7-15(4-3-8(11)13)6-10-14-5-9(12)16-10;/h5,8H,3-4,6-7,13H2,1-2H3;1H. The van der Waals surface area contributed by atoms with Crippen LogP contribution in [0.25, 0.3) is 0 Å². The molecule has 2 heterocycles. The second-order valence-corrected chi connectivity index (χ2v) is 7.65. The first-order valence-electron chi connectivity index (χ1n) is 5.55. The van der Waals surface area contributed by atoms with Gasteiger partial charge >= 0.3 is 0 Å². The van der Waals surface area contributed by atoms with Gasteiger partial charge in [-0.25, -0.2) is 4.98 Å². The van der Waals surface area contributed by atoms with Crippen molar-refractivity contribution < 1.29 is 0 Å². The first-order chi connectivity index (χ1) is 7.47. The van der Waals surface area contributed by atoms with Gasteiger partial charge < -0.3 is 5.73 Å². The molecule has 0 bridgehead atoms. The lowest BCUT2D eigenvalue weighted by Crippen LogP contribution is -2.52. The van der Waals surface area contributed by atoms with Gasteiger partial charge in [-0.15, -0.1) is 23.7 Å². The Morgan fingerprint density at radius 2 is 2.35 bits per heavy atom. The van der Waals surface area contributed by atoms with Crippen LogP contribution in [0.5, 0.6) is 0 Å². The van der Waals surface area contributed by atoms with E-state index in [9.17, 15) is 0 Å². The Morgan fingerprint density at radius 3 is 2.88 bits per heavy atom. The SMILES string of the molecule is CC1(C)CN(Cc2ncc(Br)s2)CCC1N.Cl. The fourth-order valence-electron chi connectivity index (χ4n) is 2.17. The van der Waals surface area contributed by atoms with Crippen molar-refractivity contribution in [2.24, 2.45) is 11.1 Å². The van der Waals surface area contributed by atoms with Gasteiger partial charge in [0.1, 0.15) is 5.01 Å². The van der Waals surface area contributed by atoms with Crippen molar-refractivity contribution in [2.75, 3.05) is 13.1 Å². The van der Waals surface area contributed by atoms with Crippen molar-refractivity contribution in [3.8, 4) is 0 Å². The summed E-state index contributed by atoms with van der Waals surface area (Å²) in [6.07, 6.45) is 2.96. The third-order valence-electron chi connectivity index (χ3n) is 3.28. The summed E-state index contributed by atoms with van der Waals surface area (Å²) >= 11 is 5.16. The van der Waals surface area contributed by atoms with Gasteiger partial charge in [-0.3, -0.25) is 4.90 Å². The number of halogens is 2. The van der Waals surface area contributed by atoms with Crippen molar-refractivity contribution in [3.63, 3.8) is 0 Å². The average molecular weight is 341 g/mol. The van der Waals surface area contributed by atoms with Crippen molar-refractivity contribution in [1.82, 2.24) is 9.88 Å². The van der Waals surface area contributed by atoms with Crippen molar-refractivity contribution in [2.45, 2.75) is 32.9 Å². The molecule has 3 nitrogen and oxygen atoms in total. The molecule has 0 aliphatic carbocycles. The molecule has 98 valence electrons. The van der Waals surface area contributed by atoms with E-state index in [1.165, 1.54) is 5.01 Å². The third kappa shape index (κ3) is 3.89. The van der Waals surface area contributed by atoms with E-state index in [1.54, 1.807) is 11.3 Å². The van der Waals surface area contributed by atoms with Crippen LogP contribution in [0.3, 0.4) is 0 Å². The molecule has 0 aromatic carbocycles. The Hall–Kier alpha value is 0.320. The van der Waals surface area contributed by atoms with Gasteiger partial charge in [-0.1, -0.05) is 13.8 Å². The summed E-state index contributed by atoms with van der Waals surface area (Å²) in [4.78, 5) is 6.83. The topological polar surface area (TPSA) is 42.2 Å². The quantitative estimate of drug-likeness (QED) is 0.900. The maximum absolute atomic E-state index is 6.13. The van der Waals surface area contributed by atoms with Gasteiger partial charge in [0.2, 0.25) is 0 Å². The minimum Gasteiger partial charge on any atom is -0.327 e. The monoisotopic (exact) mass is 339 g/mol. The third-order valence-corrected chi connectivity index (χ3v) is 4.74. The largest absolute Gasteiger partial charge is 0.327 e. The van der Waals surface area contributed by atoms with E-state index in [-0.39, 0.29) is 17.8 Å². The first kappa shape index (κ1) is 15.4. The zero-order valence-corrected chi connectivity index (χ0v) is 13.4. The van der Waals surface area contributed by atoms with Gasteiger partial charge in [0.05, 0.1) is 16.5 Å². The Labute approximate surface area is 121 Å². The Kier molecular flexibility index (Phi) is 5.40. The summed E-state index contributed by atoms with van der Waals surface area (Å²) in [5, 5.41) is 1.18. The molecule has 2 N–H and O–H groups in total. The second-order valence-electron chi connectivity index (χ2n) is 5.15. The second kappa shape index (κ2) is 5.97. The van der Waals surface area contributed by atoms with Crippen LogP contribution in [-0.2, 0) is 6.54 Å². The molecule has 1 fully saturated rings. The maximum Gasteiger partial charge on any atom is 0.108 e. The highest BCUT2D eigenvalue weighted by Crippen LogP contribution is 2.29. The van der Waals surface area contributed by atoms with E-state index in [0.29, 0.717) is 6.04 Å². The van der Waals surface area contributed by atoms with Crippen LogP contribution in [0.1, 0.15) is 25.3 Å². The number of thiazole rings is 1. The van der Waals surface area contributed by atoms with Crippen LogP contribution < -0.4 is 5.73 Å². The van der Waals surface area contributed by atoms with E-state index in [1.807, 2.05) is 6.20 Å². The predicted molar refractivity (Wildman–Crippen MR) is 78.7 cm³/mol. The summed E-state index contributed by atoms with van der Waals surface area (Å²) in [5.41, 5.74) is 6.34. The van der Waals surface area contributed by atoms with E-state index in [0.717, 1.165) is 29.8 Å². The number of nitrogens with two attached hydrogens (primary N) is 1. The zero-order valence-electron chi connectivity index (χ0n) is 10.1. The van der Waals surface area contributed by atoms with Gasteiger partial charge in [0.25, 0.3) is 0 Å². The van der Waals surface area contributed by atoms with E-state index in [2.05, 4.69) is 39.7 Å². The average Bonchev–Trinajstić information content (AvgIpc) is 2.57. The van der Waals surface area contributed by atoms with Crippen LogP contribution in [0.15, 0.2) is 9.98 Å². The van der Waals surface area contributed by atoms with Crippen LogP contribution in [0.2, 0.25) is 0 Å². The summed E-state index contributed by atoms with van der Waals surface area (Å²) in [5.74, 6) is 0. The molecule has 0 spiro atoms. The van der Waals surface area contributed by atoms with E-state index < -0.39 is 0 Å². The number of hydrogen-bond acceptors (Lipinski definition) is 4. The van der Waals surface area contributed by atoms with Gasteiger partial charge in [-0.05, 0) is 27.8 Å². The fourth-order valence-corrected chi connectivity index (χ4v) is 3.52. The number of nitrogens with zero attached hydrogens (tertiary/aromatic N) is 2. The highest BCUT2D eigenvalue weighted by Gasteiger charge is 2.33. The highest BCUT2D eigenvalue weighted by molar-refractivity contribution is 9.11. The fraction of sp³-hybridized carbons (Fsp3) is 0.727.